The highest BCUT2D eigenvalue weighted by Crippen LogP contribution is 2.31. The van der Waals surface area contributed by atoms with Crippen LogP contribution in [0.2, 0.25) is 0 Å². The first-order chi connectivity index (χ1) is 12.8. The van der Waals surface area contributed by atoms with Crippen molar-refractivity contribution in [1.29, 1.82) is 0 Å². The van der Waals surface area contributed by atoms with Gasteiger partial charge in [0.1, 0.15) is 15.6 Å². The van der Waals surface area contributed by atoms with E-state index in [1.807, 2.05) is 49.9 Å². The molecule has 0 radical (unpaired) electrons. The number of nitrogens with zero attached hydrogens (tertiary/aromatic N) is 3. The van der Waals surface area contributed by atoms with Gasteiger partial charge >= 0.3 is 0 Å². The third-order valence-corrected chi connectivity index (χ3v) is 5.97. The molecule has 6 heteroatoms. The first-order valence-corrected chi connectivity index (χ1v) is 10.4. The number of thiazole rings is 1. The molecule has 1 saturated heterocycles. The average molecular weight is 388 g/mol. The van der Waals surface area contributed by atoms with Crippen molar-refractivity contribution in [2.75, 3.05) is 26.2 Å². The second-order valence-electron chi connectivity index (χ2n) is 7.55. The molecule has 0 bridgehead atoms. The highest BCUT2D eigenvalue weighted by molar-refractivity contribution is 7.17. The van der Waals surface area contributed by atoms with Gasteiger partial charge in [0, 0.05) is 37.8 Å². The van der Waals surface area contributed by atoms with E-state index < -0.39 is 0 Å². The van der Waals surface area contributed by atoms with E-state index in [9.17, 15) is 4.79 Å². The van der Waals surface area contributed by atoms with Gasteiger partial charge in [0.05, 0.1) is 11.8 Å². The van der Waals surface area contributed by atoms with Crippen molar-refractivity contribution >= 4 is 17.2 Å². The van der Waals surface area contributed by atoms with Gasteiger partial charge in [-0.25, -0.2) is 4.98 Å². The van der Waals surface area contributed by atoms with Crippen molar-refractivity contribution in [1.82, 2.24) is 14.8 Å². The molecule has 0 N–H and O–H groups in total. The van der Waals surface area contributed by atoms with Crippen molar-refractivity contribution in [3.8, 4) is 16.3 Å². The molecule has 27 heavy (non-hydrogen) atoms. The average Bonchev–Trinajstić information content (AvgIpc) is 3.02. The Bertz CT molecular complexity index is 792. The van der Waals surface area contributed by atoms with Gasteiger partial charge in [0.15, 0.2) is 0 Å². The molecule has 146 valence electrons. The minimum absolute atomic E-state index is 0.106. The zero-order chi connectivity index (χ0) is 19.6. The van der Waals surface area contributed by atoms with Crippen LogP contribution in [-0.2, 0) is 0 Å². The van der Waals surface area contributed by atoms with E-state index in [4.69, 9.17) is 4.74 Å². The quantitative estimate of drug-likeness (QED) is 0.776. The van der Waals surface area contributed by atoms with Crippen molar-refractivity contribution in [2.24, 2.45) is 0 Å². The molecule has 0 spiro atoms. The Kier molecular flexibility index (Phi) is 6.17. The van der Waals surface area contributed by atoms with Crippen molar-refractivity contribution < 1.29 is 9.53 Å². The minimum atomic E-state index is 0.106. The van der Waals surface area contributed by atoms with Crippen LogP contribution < -0.4 is 4.74 Å². The molecule has 1 aromatic carbocycles. The smallest absolute Gasteiger partial charge is 0.265 e. The standard InChI is InChI=1S/C21H29N3O2S/c1-14(2)23-9-11-24(12-10-23)21(25)19-16(5)22-20(27-19)17-7-6-8-18(13-17)26-15(3)4/h6-8,13-15H,9-12H2,1-5H3. The number of rotatable bonds is 5. The van der Waals surface area contributed by atoms with E-state index in [2.05, 4.69) is 23.7 Å². The molecule has 0 aliphatic carbocycles. The zero-order valence-corrected chi connectivity index (χ0v) is 17.7. The van der Waals surface area contributed by atoms with Gasteiger partial charge in [0.2, 0.25) is 0 Å². The van der Waals surface area contributed by atoms with Crippen molar-refractivity contribution in [3.63, 3.8) is 0 Å². The van der Waals surface area contributed by atoms with Crippen LogP contribution in [0, 0.1) is 6.92 Å². The summed E-state index contributed by atoms with van der Waals surface area (Å²) in [7, 11) is 0. The number of benzene rings is 1. The third kappa shape index (κ3) is 4.68. The number of carbonyl (C=O) groups is 1. The van der Waals surface area contributed by atoms with E-state index >= 15 is 0 Å². The van der Waals surface area contributed by atoms with Crippen molar-refractivity contribution in [2.45, 2.75) is 46.8 Å². The van der Waals surface area contributed by atoms with E-state index in [0.717, 1.165) is 53.1 Å². The van der Waals surface area contributed by atoms with Gasteiger partial charge in [0.25, 0.3) is 5.91 Å². The second-order valence-corrected chi connectivity index (χ2v) is 8.55. The molecular weight excluding hydrogens is 358 g/mol. The summed E-state index contributed by atoms with van der Waals surface area (Å²) in [5, 5.41) is 0.867. The highest BCUT2D eigenvalue weighted by atomic mass is 32.1. The van der Waals surface area contributed by atoms with E-state index in [0.29, 0.717) is 6.04 Å². The van der Waals surface area contributed by atoms with E-state index in [1.54, 1.807) is 0 Å². The van der Waals surface area contributed by atoms with Crippen LogP contribution in [0.3, 0.4) is 0 Å². The highest BCUT2D eigenvalue weighted by Gasteiger charge is 2.26. The summed E-state index contributed by atoms with van der Waals surface area (Å²) < 4.78 is 5.78. The Morgan fingerprint density at radius 1 is 1.15 bits per heavy atom. The van der Waals surface area contributed by atoms with Crippen LogP contribution in [0.5, 0.6) is 5.75 Å². The number of amides is 1. The Balaban J connectivity index is 1.76. The van der Waals surface area contributed by atoms with Gasteiger partial charge in [-0.15, -0.1) is 11.3 Å². The van der Waals surface area contributed by atoms with Gasteiger partial charge in [-0.05, 0) is 46.8 Å². The van der Waals surface area contributed by atoms with Crippen LogP contribution in [-0.4, -0.2) is 59.0 Å². The molecular formula is C21H29N3O2S. The molecule has 1 amide bonds. The van der Waals surface area contributed by atoms with E-state index in [-0.39, 0.29) is 12.0 Å². The largest absolute Gasteiger partial charge is 0.491 e. The lowest BCUT2D eigenvalue weighted by Crippen LogP contribution is -2.50. The summed E-state index contributed by atoms with van der Waals surface area (Å²) in [5.74, 6) is 0.933. The molecule has 0 unspecified atom stereocenters. The van der Waals surface area contributed by atoms with Gasteiger partial charge < -0.3 is 9.64 Å². The van der Waals surface area contributed by atoms with Gasteiger partial charge in [-0.3, -0.25) is 9.69 Å². The molecule has 1 aliphatic rings. The predicted molar refractivity (Wildman–Crippen MR) is 111 cm³/mol. The number of ether oxygens (including phenoxy) is 1. The maximum absolute atomic E-state index is 13.0. The predicted octanol–water partition coefficient (Wildman–Crippen LogP) is 4.07. The summed E-state index contributed by atoms with van der Waals surface area (Å²) in [6, 6.07) is 8.45. The number of carbonyl (C=O) groups excluding carboxylic acids is 1. The molecule has 0 atom stereocenters. The van der Waals surface area contributed by atoms with E-state index in [1.165, 1.54) is 11.3 Å². The van der Waals surface area contributed by atoms with Gasteiger partial charge in [-0.2, -0.15) is 0 Å². The Hall–Kier alpha value is -1.92. The lowest BCUT2D eigenvalue weighted by atomic mass is 10.2. The normalized spacial score (nSPS) is 15.6. The fraction of sp³-hybridized carbons (Fsp3) is 0.524. The molecule has 2 heterocycles. The minimum Gasteiger partial charge on any atom is -0.491 e. The van der Waals surface area contributed by atoms with Gasteiger partial charge in [-0.1, -0.05) is 12.1 Å². The summed E-state index contributed by atoms with van der Waals surface area (Å²) in [4.78, 5) is 22.8. The lowest BCUT2D eigenvalue weighted by Gasteiger charge is -2.36. The Morgan fingerprint density at radius 2 is 1.85 bits per heavy atom. The Morgan fingerprint density at radius 3 is 2.48 bits per heavy atom. The summed E-state index contributed by atoms with van der Waals surface area (Å²) >= 11 is 1.48. The number of piperazine rings is 1. The monoisotopic (exact) mass is 387 g/mol. The van der Waals surface area contributed by atoms with Crippen LogP contribution in [0.15, 0.2) is 24.3 Å². The second kappa shape index (κ2) is 8.40. The number of hydrogen-bond acceptors (Lipinski definition) is 5. The molecule has 3 rings (SSSR count). The topological polar surface area (TPSA) is 45.7 Å². The molecule has 2 aromatic rings. The first-order valence-electron chi connectivity index (χ1n) is 9.63. The summed E-state index contributed by atoms with van der Waals surface area (Å²) in [6.45, 7) is 13.8. The third-order valence-electron chi connectivity index (χ3n) is 4.78. The molecule has 1 fully saturated rings. The van der Waals surface area contributed by atoms with Crippen LogP contribution in [0.25, 0.3) is 10.6 Å². The molecule has 1 aromatic heterocycles. The van der Waals surface area contributed by atoms with Crippen LogP contribution >= 0.6 is 11.3 Å². The fourth-order valence-corrected chi connectivity index (χ4v) is 4.31. The first kappa shape index (κ1) is 19.8. The Labute approximate surface area is 166 Å². The zero-order valence-electron chi connectivity index (χ0n) is 16.9. The van der Waals surface area contributed by atoms with Crippen LogP contribution in [0.4, 0.5) is 0 Å². The maximum atomic E-state index is 13.0. The summed E-state index contributed by atoms with van der Waals surface area (Å²) in [5.41, 5.74) is 1.80. The van der Waals surface area contributed by atoms with Crippen molar-refractivity contribution in [3.05, 3.63) is 34.8 Å². The fourth-order valence-electron chi connectivity index (χ4n) is 3.28. The molecule has 1 aliphatic heterocycles. The number of hydrogen-bond donors (Lipinski definition) is 0. The van der Waals surface area contributed by atoms with Crippen LogP contribution in [0.1, 0.15) is 43.1 Å². The molecule has 0 saturated carbocycles. The maximum Gasteiger partial charge on any atom is 0.265 e. The SMILES string of the molecule is Cc1nc(-c2cccc(OC(C)C)c2)sc1C(=O)N1CCN(C(C)C)CC1. The lowest BCUT2D eigenvalue weighted by molar-refractivity contribution is 0.0599. The molecule has 5 nitrogen and oxygen atoms in total. The number of aromatic nitrogens is 1. The summed E-state index contributed by atoms with van der Waals surface area (Å²) in [6.07, 6.45) is 0.125. The number of aryl methyl sites for hydroxylation is 1.